The summed E-state index contributed by atoms with van der Waals surface area (Å²) in [5.41, 5.74) is 7.54. The lowest BCUT2D eigenvalue weighted by Crippen LogP contribution is -2.12. The van der Waals surface area contributed by atoms with Gasteiger partial charge in [-0.3, -0.25) is 10.1 Å². The molecule has 6 heteroatoms. The van der Waals surface area contributed by atoms with Crippen LogP contribution >= 0.6 is 11.3 Å². The Kier molecular flexibility index (Phi) is 3.14. The topological polar surface area (TPSA) is 83.8 Å². The minimum absolute atomic E-state index is 0.224. The van der Waals surface area contributed by atoms with Gasteiger partial charge in [0.15, 0.2) is 5.13 Å². The van der Waals surface area contributed by atoms with Gasteiger partial charge >= 0.3 is 0 Å². The van der Waals surface area contributed by atoms with E-state index in [1.165, 1.54) is 11.3 Å². The molecule has 0 spiro atoms. The van der Waals surface area contributed by atoms with Gasteiger partial charge in [0, 0.05) is 16.8 Å². The zero-order chi connectivity index (χ0) is 12.4. The third-order valence-corrected chi connectivity index (χ3v) is 3.33. The van der Waals surface area contributed by atoms with Crippen LogP contribution in [0.5, 0.6) is 0 Å². The molecular formula is C11H14N4OS. The number of nitrogens with zero attached hydrogens (tertiary/aromatic N) is 1. The number of H-pyrrole nitrogens is 1. The van der Waals surface area contributed by atoms with Gasteiger partial charge in [-0.2, -0.15) is 0 Å². The van der Waals surface area contributed by atoms with Crippen molar-refractivity contribution in [2.75, 3.05) is 11.1 Å². The third kappa shape index (κ3) is 2.47. The Morgan fingerprint density at radius 1 is 1.65 bits per heavy atom. The molecular weight excluding hydrogens is 236 g/mol. The second-order valence-electron chi connectivity index (χ2n) is 3.68. The molecule has 2 heterocycles. The molecule has 0 aliphatic rings. The number of aromatic nitrogens is 2. The number of hydrogen-bond acceptors (Lipinski definition) is 4. The Labute approximate surface area is 103 Å². The summed E-state index contributed by atoms with van der Waals surface area (Å²) in [4.78, 5) is 20.1. The lowest BCUT2D eigenvalue weighted by molar-refractivity contribution is 0.102. The van der Waals surface area contributed by atoms with E-state index in [4.69, 9.17) is 5.73 Å². The van der Waals surface area contributed by atoms with E-state index in [2.05, 4.69) is 15.3 Å². The molecule has 0 saturated heterocycles. The number of hydrogen-bond donors (Lipinski definition) is 3. The Morgan fingerprint density at radius 2 is 2.41 bits per heavy atom. The van der Waals surface area contributed by atoms with E-state index >= 15 is 0 Å². The van der Waals surface area contributed by atoms with E-state index in [0.29, 0.717) is 16.5 Å². The van der Waals surface area contributed by atoms with Gasteiger partial charge in [-0.1, -0.05) is 6.92 Å². The van der Waals surface area contributed by atoms with E-state index in [1.54, 1.807) is 12.3 Å². The van der Waals surface area contributed by atoms with Crippen LogP contribution in [-0.2, 0) is 6.42 Å². The first-order valence-corrected chi connectivity index (χ1v) is 6.13. The molecule has 90 valence electrons. The van der Waals surface area contributed by atoms with Crippen LogP contribution in [0.1, 0.15) is 28.0 Å². The van der Waals surface area contributed by atoms with Crippen molar-refractivity contribution in [3.8, 4) is 0 Å². The summed E-state index contributed by atoms with van der Waals surface area (Å²) < 4.78 is 0. The lowest BCUT2D eigenvalue weighted by Gasteiger charge is -1.97. The number of rotatable bonds is 3. The molecule has 0 unspecified atom stereocenters. The maximum atomic E-state index is 11.8. The predicted molar refractivity (Wildman–Crippen MR) is 69.4 cm³/mol. The van der Waals surface area contributed by atoms with Gasteiger partial charge in [0.05, 0.1) is 5.69 Å². The van der Waals surface area contributed by atoms with Crippen molar-refractivity contribution in [2.24, 2.45) is 0 Å². The summed E-state index contributed by atoms with van der Waals surface area (Å²) >= 11 is 1.48. The van der Waals surface area contributed by atoms with Gasteiger partial charge in [-0.05, 0) is 19.4 Å². The van der Waals surface area contributed by atoms with E-state index < -0.39 is 0 Å². The molecule has 17 heavy (non-hydrogen) atoms. The highest BCUT2D eigenvalue weighted by Crippen LogP contribution is 2.22. The number of amides is 1. The minimum atomic E-state index is -0.224. The van der Waals surface area contributed by atoms with Crippen molar-refractivity contribution in [1.29, 1.82) is 0 Å². The average Bonchev–Trinajstić information content (AvgIpc) is 2.85. The van der Waals surface area contributed by atoms with Crippen LogP contribution in [0, 0.1) is 6.92 Å². The average molecular weight is 250 g/mol. The van der Waals surface area contributed by atoms with Gasteiger partial charge in [0.1, 0.15) is 5.69 Å². The summed E-state index contributed by atoms with van der Waals surface area (Å²) in [6.07, 6.45) is 2.45. The Morgan fingerprint density at radius 3 is 2.94 bits per heavy atom. The molecule has 5 nitrogen and oxygen atoms in total. The van der Waals surface area contributed by atoms with E-state index in [1.807, 2.05) is 13.8 Å². The van der Waals surface area contributed by atoms with E-state index in [-0.39, 0.29) is 5.91 Å². The number of nitrogens with two attached hydrogens (primary N) is 1. The maximum Gasteiger partial charge on any atom is 0.273 e. The van der Waals surface area contributed by atoms with E-state index in [0.717, 1.165) is 17.0 Å². The van der Waals surface area contributed by atoms with Crippen molar-refractivity contribution in [1.82, 2.24) is 9.97 Å². The number of carbonyl (C=O) groups excluding carboxylic acids is 1. The molecule has 0 atom stereocenters. The van der Waals surface area contributed by atoms with Crippen LogP contribution in [0.25, 0.3) is 0 Å². The Bertz CT molecular complexity index is 543. The molecule has 1 amide bonds. The van der Waals surface area contributed by atoms with Crippen molar-refractivity contribution >= 4 is 28.1 Å². The first kappa shape index (κ1) is 11.7. The summed E-state index contributed by atoms with van der Waals surface area (Å²) in [6, 6.07) is 1.59. The van der Waals surface area contributed by atoms with Crippen LogP contribution in [0.15, 0.2) is 12.3 Å². The van der Waals surface area contributed by atoms with Gasteiger partial charge in [0.2, 0.25) is 0 Å². The van der Waals surface area contributed by atoms with Crippen LogP contribution in [-0.4, -0.2) is 15.9 Å². The third-order valence-electron chi connectivity index (χ3n) is 2.40. The highest BCUT2D eigenvalue weighted by molar-refractivity contribution is 7.15. The van der Waals surface area contributed by atoms with Gasteiger partial charge < -0.3 is 10.7 Å². The highest BCUT2D eigenvalue weighted by atomic mass is 32.1. The minimum Gasteiger partial charge on any atom is -0.397 e. The Hall–Kier alpha value is -1.82. The van der Waals surface area contributed by atoms with Crippen LogP contribution in [0.3, 0.4) is 0 Å². The lowest BCUT2D eigenvalue weighted by atomic mass is 10.3. The van der Waals surface area contributed by atoms with Crippen LogP contribution in [0.4, 0.5) is 10.8 Å². The zero-order valence-corrected chi connectivity index (χ0v) is 10.5. The fourth-order valence-electron chi connectivity index (χ4n) is 1.52. The van der Waals surface area contributed by atoms with Crippen molar-refractivity contribution in [3.05, 3.63) is 28.5 Å². The SMILES string of the molecule is CCc1nc(NC(=O)c2cc(N)c[nH]2)sc1C. The molecule has 0 saturated carbocycles. The Balaban J connectivity index is 2.12. The molecule has 0 fully saturated rings. The van der Waals surface area contributed by atoms with Crippen LogP contribution in [0.2, 0.25) is 0 Å². The van der Waals surface area contributed by atoms with Gasteiger partial charge in [-0.15, -0.1) is 11.3 Å². The number of nitrogens with one attached hydrogen (secondary N) is 2. The molecule has 2 aromatic rings. The number of thiazole rings is 1. The quantitative estimate of drug-likeness (QED) is 0.780. The van der Waals surface area contributed by atoms with E-state index in [9.17, 15) is 4.79 Å². The smallest absolute Gasteiger partial charge is 0.273 e. The molecule has 0 aromatic carbocycles. The fourth-order valence-corrected chi connectivity index (χ4v) is 2.41. The van der Waals surface area contributed by atoms with Gasteiger partial charge in [-0.25, -0.2) is 4.98 Å². The summed E-state index contributed by atoms with van der Waals surface area (Å²) in [7, 11) is 0. The number of nitrogen functional groups attached to an aromatic ring is 1. The standard InChI is InChI=1S/C11H14N4OS/c1-3-8-6(2)17-11(14-8)15-10(16)9-4-7(12)5-13-9/h4-5,13H,3,12H2,1-2H3,(H,14,15,16). The maximum absolute atomic E-state index is 11.8. The second-order valence-corrected chi connectivity index (χ2v) is 4.88. The number of aromatic amines is 1. The fraction of sp³-hybridized carbons (Fsp3) is 0.273. The highest BCUT2D eigenvalue weighted by Gasteiger charge is 2.12. The van der Waals surface area contributed by atoms with Gasteiger partial charge in [0.25, 0.3) is 5.91 Å². The van der Waals surface area contributed by atoms with Crippen LogP contribution < -0.4 is 11.1 Å². The second kappa shape index (κ2) is 4.58. The molecule has 4 N–H and O–H groups in total. The number of carbonyl (C=O) groups is 1. The summed E-state index contributed by atoms with van der Waals surface area (Å²) in [6.45, 7) is 4.04. The molecule has 2 rings (SSSR count). The normalized spacial score (nSPS) is 10.5. The molecule has 0 radical (unpaired) electrons. The van der Waals surface area contributed by atoms with Crippen molar-refractivity contribution < 1.29 is 4.79 Å². The summed E-state index contributed by atoms with van der Waals surface area (Å²) in [5.74, 6) is -0.224. The number of anilines is 2. The van der Waals surface area contributed by atoms with Crippen molar-refractivity contribution in [2.45, 2.75) is 20.3 Å². The monoisotopic (exact) mass is 250 g/mol. The largest absolute Gasteiger partial charge is 0.397 e. The number of aryl methyl sites for hydroxylation is 2. The predicted octanol–water partition coefficient (Wildman–Crippen LogP) is 2.18. The molecule has 0 aliphatic heterocycles. The first-order chi connectivity index (χ1) is 8.10. The van der Waals surface area contributed by atoms with Crippen molar-refractivity contribution in [3.63, 3.8) is 0 Å². The molecule has 0 bridgehead atoms. The summed E-state index contributed by atoms with van der Waals surface area (Å²) in [5, 5.41) is 3.37. The molecule has 2 aromatic heterocycles. The first-order valence-electron chi connectivity index (χ1n) is 5.31. The molecule has 0 aliphatic carbocycles. The zero-order valence-electron chi connectivity index (χ0n) is 9.70.